The van der Waals surface area contributed by atoms with Crippen LogP contribution in [0.25, 0.3) is 0 Å². The Balaban J connectivity index is 1.72. The maximum absolute atomic E-state index is 12.3. The second kappa shape index (κ2) is 5.63. The summed E-state index contributed by atoms with van der Waals surface area (Å²) in [6.45, 7) is 0.961. The van der Waals surface area contributed by atoms with Crippen molar-refractivity contribution in [2.24, 2.45) is 5.92 Å². The fourth-order valence-electron chi connectivity index (χ4n) is 2.86. The topological polar surface area (TPSA) is 84.9 Å². The largest absolute Gasteiger partial charge is 0.486 e. The van der Waals surface area contributed by atoms with E-state index in [0.29, 0.717) is 43.1 Å². The Kier molecular flexibility index (Phi) is 3.68. The molecule has 0 bridgehead atoms. The average molecular weight is 291 g/mol. The molecule has 1 aromatic rings. The number of nitrogens with one attached hydrogen (secondary N) is 1. The number of hydrogen-bond donors (Lipinski definition) is 2. The molecule has 2 unspecified atom stereocenters. The van der Waals surface area contributed by atoms with Gasteiger partial charge in [0.1, 0.15) is 13.2 Å². The number of carboxylic acids is 1. The van der Waals surface area contributed by atoms with E-state index < -0.39 is 11.9 Å². The van der Waals surface area contributed by atoms with E-state index >= 15 is 0 Å². The van der Waals surface area contributed by atoms with Crippen molar-refractivity contribution in [1.82, 2.24) is 5.32 Å². The van der Waals surface area contributed by atoms with Crippen LogP contribution in [-0.4, -0.2) is 36.2 Å². The first-order valence-corrected chi connectivity index (χ1v) is 7.08. The van der Waals surface area contributed by atoms with E-state index in [-0.39, 0.29) is 11.9 Å². The van der Waals surface area contributed by atoms with Crippen LogP contribution in [-0.2, 0) is 4.79 Å². The van der Waals surface area contributed by atoms with Gasteiger partial charge in [0, 0.05) is 11.6 Å². The van der Waals surface area contributed by atoms with Gasteiger partial charge in [-0.2, -0.15) is 0 Å². The standard InChI is InChI=1S/C15H17NO5/c17-14(16-11-3-1-2-10(11)15(18)19)9-4-5-12-13(8-9)21-7-6-20-12/h4-5,8,10-11H,1-3,6-7H2,(H,16,17)(H,18,19). The van der Waals surface area contributed by atoms with Crippen molar-refractivity contribution < 1.29 is 24.2 Å². The third-order valence-electron chi connectivity index (χ3n) is 3.95. The van der Waals surface area contributed by atoms with E-state index in [0.717, 1.165) is 6.42 Å². The first-order chi connectivity index (χ1) is 10.1. The molecule has 112 valence electrons. The van der Waals surface area contributed by atoms with Gasteiger partial charge in [-0.15, -0.1) is 0 Å². The molecular weight excluding hydrogens is 274 g/mol. The molecule has 21 heavy (non-hydrogen) atoms. The Morgan fingerprint density at radius 3 is 2.67 bits per heavy atom. The van der Waals surface area contributed by atoms with Gasteiger partial charge in [0.2, 0.25) is 0 Å². The predicted octanol–water partition coefficient (Wildman–Crippen LogP) is 1.44. The highest BCUT2D eigenvalue weighted by Crippen LogP contribution is 2.31. The molecule has 2 aliphatic rings. The minimum atomic E-state index is -0.847. The molecule has 0 spiro atoms. The zero-order valence-corrected chi connectivity index (χ0v) is 11.5. The highest BCUT2D eigenvalue weighted by molar-refractivity contribution is 5.95. The van der Waals surface area contributed by atoms with E-state index in [2.05, 4.69) is 5.32 Å². The van der Waals surface area contributed by atoms with Gasteiger partial charge in [0.15, 0.2) is 11.5 Å². The Morgan fingerprint density at radius 2 is 1.90 bits per heavy atom. The lowest BCUT2D eigenvalue weighted by atomic mass is 10.0. The van der Waals surface area contributed by atoms with Crippen LogP contribution in [0.4, 0.5) is 0 Å². The number of aliphatic carboxylic acids is 1. The average Bonchev–Trinajstić information content (AvgIpc) is 2.95. The molecule has 2 atom stereocenters. The van der Waals surface area contributed by atoms with Crippen molar-refractivity contribution in [2.45, 2.75) is 25.3 Å². The summed E-state index contributed by atoms with van der Waals surface area (Å²) < 4.78 is 10.9. The second-order valence-electron chi connectivity index (χ2n) is 5.31. The van der Waals surface area contributed by atoms with Gasteiger partial charge >= 0.3 is 5.97 Å². The van der Waals surface area contributed by atoms with Crippen LogP contribution >= 0.6 is 0 Å². The number of fused-ring (bicyclic) bond motifs is 1. The Bertz CT molecular complexity index is 571. The molecule has 1 saturated carbocycles. The summed E-state index contributed by atoms with van der Waals surface area (Å²) >= 11 is 0. The minimum absolute atomic E-state index is 0.273. The lowest BCUT2D eigenvalue weighted by molar-refractivity contribution is -0.142. The summed E-state index contributed by atoms with van der Waals surface area (Å²) in [5.41, 5.74) is 0.454. The minimum Gasteiger partial charge on any atom is -0.486 e. The van der Waals surface area contributed by atoms with E-state index in [9.17, 15) is 9.59 Å². The Hall–Kier alpha value is -2.24. The van der Waals surface area contributed by atoms with Gasteiger partial charge < -0.3 is 19.9 Å². The van der Waals surface area contributed by atoms with Gasteiger partial charge in [0.05, 0.1) is 5.92 Å². The maximum atomic E-state index is 12.3. The molecular formula is C15H17NO5. The van der Waals surface area contributed by atoms with Crippen LogP contribution in [0.5, 0.6) is 11.5 Å². The normalized spacial score (nSPS) is 23.6. The smallest absolute Gasteiger partial charge is 0.308 e. The number of amides is 1. The molecule has 1 heterocycles. The molecule has 6 heteroatoms. The zero-order chi connectivity index (χ0) is 14.8. The predicted molar refractivity (Wildman–Crippen MR) is 73.7 cm³/mol. The molecule has 1 fully saturated rings. The number of hydrogen-bond acceptors (Lipinski definition) is 4. The fourth-order valence-corrected chi connectivity index (χ4v) is 2.86. The van der Waals surface area contributed by atoms with Crippen LogP contribution in [0, 0.1) is 5.92 Å². The number of carbonyl (C=O) groups excluding carboxylic acids is 1. The van der Waals surface area contributed by atoms with Crippen molar-refractivity contribution in [3.05, 3.63) is 23.8 Å². The molecule has 1 aliphatic heterocycles. The third-order valence-corrected chi connectivity index (χ3v) is 3.95. The zero-order valence-electron chi connectivity index (χ0n) is 11.5. The number of rotatable bonds is 3. The van der Waals surface area contributed by atoms with Crippen LogP contribution < -0.4 is 14.8 Å². The quantitative estimate of drug-likeness (QED) is 0.880. The Morgan fingerprint density at radius 1 is 1.14 bits per heavy atom. The third kappa shape index (κ3) is 2.79. The molecule has 1 amide bonds. The first kappa shape index (κ1) is 13.7. The van der Waals surface area contributed by atoms with E-state index in [1.54, 1.807) is 18.2 Å². The molecule has 0 aromatic heterocycles. The van der Waals surface area contributed by atoms with Crippen molar-refractivity contribution in [1.29, 1.82) is 0 Å². The lowest BCUT2D eigenvalue weighted by Gasteiger charge is -2.20. The monoisotopic (exact) mass is 291 g/mol. The van der Waals surface area contributed by atoms with Crippen LogP contribution in [0.3, 0.4) is 0 Å². The summed E-state index contributed by atoms with van der Waals surface area (Å²) in [5.74, 6) is -0.437. The van der Waals surface area contributed by atoms with E-state index in [1.165, 1.54) is 0 Å². The molecule has 0 saturated heterocycles. The summed E-state index contributed by atoms with van der Waals surface area (Å²) in [6.07, 6.45) is 2.14. The molecule has 2 N–H and O–H groups in total. The lowest BCUT2D eigenvalue weighted by Crippen LogP contribution is -2.40. The number of ether oxygens (including phenoxy) is 2. The second-order valence-corrected chi connectivity index (χ2v) is 5.31. The number of carboxylic acid groups (broad SMARTS) is 1. The summed E-state index contributed by atoms with van der Waals surface area (Å²) in [4.78, 5) is 23.4. The highest BCUT2D eigenvalue weighted by Gasteiger charge is 2.34. The van der Waals surface area contributed by atoms with Crippen molar-refractivity contribution in [3.63, 3.8) is 0 Å². The summed E-state index contributed by atoms with van der Waals surface area (Å²) in [5, 5.41) is 12.0. The first-order valence-electron chi connectivity index (χ1n) is 7.08. The van der Waals surface area contributed by atoms with E-state index in [4.69, 9.17) is 14.6 Å². The number of benzene rings is 1. The van der Waals surface area contributed by atoms with Gasteiger partial charge in [-0.25, -0.2) is 0 Å². The maximum Gasteiger partial charge on any atom is 0.308 e. The fraction of sp³-hybridized carbons (Fsp3) is 0.467. The van der Waals surface area contributed by atoms with Crippen LogP contribution in [0.1, 0.15) is 29.6 Å². The van der Waals surface area contributed by atoms with Gasteiger partial charge in [0.25, 0.3) is 5.91 Å². The van der Waals surface area contributed by atoms with Gasteiger partial charge in [-0.3, -0.25) is 9.59 Å². The molecule has 1 aliphatic carbocycles. The summed E-state index contributed by atoms with van der Waals surface area (Å²) in [6, 6.07) is 4.69. The molecule has 1 aromatic carbocycles. The van der Waals surface area contributed by atoms with Crippen molar-refractivity contribution in [3.8, 4) is 11.5 Å². The summed E-state index contributed by atoms with van der Waals surface area (Å²) in [7, 11) is 0. The van der Waals surface area contributed by atoms with Crippen molar-refractivity contribution in [2.75, 3.05) is 13.2 Å². The molecule has 3 rings (SSSR count). The molecule has 0 radical (unpaired) electrons. The highest BCUT2D eigenvalue weighted by atomic mass is 16.6. The van der Waals surface area contributed by atoms with E-state index in [1.807, 2.05) is 0 Å². The molecule has 6 nitrogen and oxygen atoms in total. The van der Waals surface area contributed by atoms with Crippen LogP contribution in [0.15, 0.2) is 18.2 Å². The Labute approximate surface area is 122 Å². The van der Waals surface area contributed by atoms with Gasteiger partial charge in [-0.1, -0.05) is 6.42 Å². The van der Waals surface area contributed by atoms with Crippen molar-refractivity contribution >= 4 is 11.9 Å². The number of carbonyl (C=O) groups is 2. The van der Waals surface area contributed by atoms with Gasteiger partial charge in [-0.05, 0) is 31.0 Å². The van der Waals surface area contributed by atoms with Crippen LogP contribution in [0.2, 0.25) is 0 Å². The SMILES string of the molecule is O=C(NC1CCCC1C(=O)O)c1ccc2c(c1)OCCO2.